The molecule has 0 radical (unpaired) electrons. The molecule has 0 spiro atoms. The highest BCUT2D eigenvalue weighted by Gasteiger charge is 2.34. The molecule has 0 aliphatic rings. The number of rotatable bonds is 6. The third-order valence-corrected chi connectivity index (χ3v) is 5.17. The standard InChI is InChI=1S/C22H18F4N4O3/c1-12(14-7-8-15(16(23)9-14)22(24,25)26)30-19-18(20(31)28-21(32)27-19)17(29-30)11-33-10-13-5-3-2-4-6-13/h2-9,12H,10-11H2,1H3,(H2,27,28,31,32). The fourth-order valence-corrected chi connectivity index (χ4v) is 3.53. The smallest absolute Gasteiger partial charge is 0.370 e. The Morgan fingerprint density at radius 2 is 1.79 bits per heavy atom. The molecule has 0 aliphatic heterocycles. The first-order chi connectivity index (χ1) is 15.6. The number of ether oxygens (including phenoxy) is 1. The minimum absolute atomic E-state index is 0.0508. The number of aromatic amines is 2. The zero-order valence-electron chi connectivity index (χ0n) is 17.2. The number of halogens is 4. The van der Waals surface area contributed by atoms with Crippen LogP contribution in [-0.2, 0) is 24.1 Å². The fourth-order valence-electron chi connectivity index (χ4n) is 3.53. The molecule has 4 rings (SSSR count). The predicted octanol–water partition coefficient (Wildman–Crippen LogP) is 3.90. The van der Waals surface area contributed by atoms with Crippen molar-refractivity contribution < 1.29 is 22.3 Å². The monoisotopic (exact) mass is 462 g/mol. The van der Waals surface area contributed by atoms with E-state index in [2.05, 4.69) is 15.1 Å². The summed E-state index contributed by atoms with van der Waals surface area (Å²) in [5, 5.41) is 4.43. The molecule has 0 aliphatic carbocycles. The zero-order valence-corrected chi connectivity index (χ0v) is 17.2. The normalized spacial score (nSPS) is 12.9. The van der Waals surface area contributed by atoms with E-state index in [1.807, 2.05) is 30.3 Å². The van der Waals surface area contributed by atoms with Crippen molar-refractivity contribution in [2.45, 2.75) is 32.4 Å². The molecule has 0 amide bonds. The SMILES string of the molecule is CC(c1ccc(C(F)(F)F)c(F)c1)n1nc(COCc2ccccc2)c2c(=O)[nH]c(=O)[nH]c21. The van der Waals surface area contributed by atoms with Crippen LogP contribution < -0.4 is 11.2 Å². The molecule has 172 valence electrons. The third-order valence-electron chi connectivity index (χ3n) is 5.17. The highest BCUT2D eigenvalue weighted by atomic mass is 19.4. The van der Waals surface area contributed by atoms with Crippen molar-refractivity contribution in [2.24, 2.45) is 0 Å². The largest absolute Gasteiger partial charge is 0.419 e. The van der Waals surface area contributed by atoms with E-state index in [1.165, 1.54) is 4.68 Å². The maximum absolute atomic E-state index is 14.1. The molecule has 0 saturated carbocycles. The molecule has 4 aromatic rings. The van der Waals surface area contributed by atoms with Gasteiger partial charge in [-0.3, -0.25) is 14.8 Å². The van der Waals surface area contributed by atoms with Gasteiger partial charge in [0.15, 0.2) is 0 Å². The Hall–Kier alpha value is -3.73. The molecule has 1 atom stereocenters. The average molecular weight is 462 g/mol. The van der Waals surface area contributed by atoms with Gasteiger partial charge in [-0.25, -0.2) is 13.9 Å². The summed E-state index contributed by atoms with van der Waals surface area (Å²) < 4.78 is 59.7. The van der Waals surface area contributed by atoms with Crippen molar-refractivity contribution in [1.29, 1.82) is 0 Å². The summed E-state index contributed by atoms with van der Waals surface area (Å²) in [6, 6.07) is 11.0. The molecule has 11 heteroatoms. The molecular formula is C22H18F4N4O3. The van der Waals surface area contributed by atoms with Gasteiger partial charge in [-0.1, -0.05) is 36.4 Å². The summed E-state index contributed by atoms with van der Waals surface area (Å²) in [5.41, 5.74) is -1.52. The Morgan fingerprint density at radius 1 is 1.06 bits per heavy atom. The van der Waals surface area contributed by atoms with E-state index in [4.69, 9.17) is 4.74 Å². The first kappa shape index (κ1) is 22.5. The quantitative estimate of drug-likeness (QED) is 0.425. The van der Waals surface area contributed by atoms with Gasteiger partial charge in [0, 0.05) is 0 Å². The Balaban J connectivity index is 1.71. The van der Waals surface area contributed by atoms with Crippen LogP contribution in [0.1, 0.15) is 35.3 Å². The second-order valence-electron chi connectivity index (χ2n) is 7.41. The number of hydrogen-bond acceptors (Lipinski definition) is 4. The number of H-pyrrole nitrogens is 2. The first-order valence-electron chi connectivity index (χ1n) is 9.87. The van der Waals surface area contributed by atoms with Crippen LogP contribution in [0.4, 0.5) is 17.6 Å². The van der Waals surface area contributed by atoms with Crippen molar-refractivity contribution in [3.63, 3.8) is 0 Å². The highest BCUT2D eigenvalue weighted by molar-refractivity contribution is 5.77. The highest BCUT2D eigenvalue weighted by Crippen LogP contribution is 2.33. The van der Waals surface area contributed by atoms with E-state index < -0.39 is 34.8 Å². The molecule has 1 unspecified atom stereocenters. The average Bonchev–Trinajstić information content (AvgIpc) is 3.11. The minimum atomic E-state index is -4.83. The van der Waals surface area contributed by atoms with Crippen LogP contribution in [0.2, 0.25) is 0 Å². The van der Waals surface area contributed by atoms with Crippen LogP contribution in [0, 0.1) is 5.82 Å². The van der Waals surface area contributed by atoms with Gasteiger partial charge in [0.25, 0.3) is 5.56 Å². The number of fused-ring (bicyclic) bond motifs is 1. The van der Waals surface area contributed by atoms with Crippen LogP contribution in [0.5, 0.6) is 0 Å². The van der Waals surface area contributed by atoms with Gasteiger partial charge in [0.05, 0.1) is 24.8 Å². The van der Waals surface area contributed by atoms with E-state index in [0.717, 1.165) is 17.7 Å². The van der Waals surface area contributed by atoms with Gasteiger partial charge in [0.2, 0.25) is 0 Å². The summed E-state index contributed by atoms with van der Waals surface area (Å²) in [6.45, 7) is 1.74. The van der Waals surface area contributed by atoms with Crippen molar-refractivity contribution in [1.82, 2.24) is 19.7 Å². The second kappa shape index (κ2) is 8.66. The number of aromatic nitrogens is 4. The zero-order chi connectivity index (χ0) is 23.8. The third kappa shape index (κ3) is 4.58. The van der Waals surface area contributed by atoms with Gasteiger partial charge in [-0.05, 0) is 30.2 Å². The van der Waals surface area contributed by atoms with Crippen LogP contribution in [0.15, 0.2) is 58.1 Å². The Labute approximate surface area is 183 Å². The van der Waals surface area contributed by atoms with Gasteiger partial charge < -0.3 is 4.74 Å². The topological polar surface area (TPSA) is 92.8 Å². The van der Waals surface area contributed by atoms with E-state index in [-0.39, 0.29) is 35.5 Å². The minimum Gasteiger partial charge on any atom is -0.370 e. The molecular weight excluding hydrogens is 444 g/mol. The predicted molar refractivity (Wildman–Crippen MR) is 111 cm³/mol. The van der Waals surface area contributed by atoms with E-state index in [9.17, 15) is 27.2 Å². The molecule has 0 fully saturated rings. The number of nitrogens with zero attached hydrogens (tertiary/aromatic N) is 2. The molecule has 2 aromatic heterocycles. The number of benzene rings is 2. The lowest BCUT2D eigenvalue weighted by atomic mass is 10.1. The maximum Gasteiger partial charge on any atom is 0.419 e. The Bertz CT molecular complexity index is 1410. The van der Waals surface area contributed by atoms with Crippen molar-refractivity contribution >= 4 is 11.0 Å². The van der Waals surface area contributed by atoms with Crippen LogP contribution >= 0.6 is 0 Å². The molecule has 7 nitrogen and oxygen atoms in total. The summed E-state index contributed by atoms with van der Waals surface area (Å²) in [5.74, 6) is -1.43. The van der Waals surface area contributed by atoms with Crippen LogP contribution in [-0.4, -0.2) is 19.7 Å². The second-order valence-corrected chi connectivity index (χ2v) is 7.41. The van der Waals surface area contributed by atoms with E-state index in [1.54, 1.807) is 6.92 Å². The summed E-state index contributed by atoms with van der Waals surface area (Å²) in [6.07, 6.45) is -4.83. The molecule has 2 N–H and O–H groups in total. The van der Waals surface area contributed by atoms with Gasteiger partial charge in [-0.15, -0.1) is 0 Å². The first-order valence-corrected chi connectivity index (χ1v) is 9.87. The van der Waals surface area contributed by atoms with Crippen LogP contribution in [0.25, 0.3) is 11.0 Å². The van der Waals surface area contributed by atoms with Crippen LogP contribution in [0.3, 0.4) is 0 Å². The Morgan fingerprint density at radius 3 is 2.45 bits per heavy atom. The van der Waals surface area contributed by atoms with Crippen molar-refractivity contribution in [2.75, 3.05) is 0 Å². The molecule has 33 heavy (non-hydrogen) atoms. The van der Waals surface area contributed by atoms with E-state index >= 15 is 0 Å². The Kier molecular flexibility index (Phi) is 5.90. The number of hydrogen-bond donors (Lipinski definition) is 2. The number of nitrogens with one attached hydrogen (secondary N) is 2. The fraction of sp³-hybridized carbons (Fsp3) is 0.227. The summed E-state index contributed by atoms with van der Waals surface area (Å²) in [7, 11) is 0. The number of alkyl halides is 3. The lowest BCUT2D eigenvalue weighted by Crippen LogP contribution is -2.23. The van der Waals surface area contributed by atoms with Gasteiger partial charge >= 0.3 is 11.9 Å². The molecule has 2 heterocycles. The molecule has 0 saturated heterocycles. The van der Waals surface area contributed by atoms with Gasteiger partial charge in [0.1, 0.15) is 22.5 Å². The lowest BCUT2D eigenvalue weighted by Gasteiger charge is -2.15. The summed E-state index contributed by atoms with van der Waals surface area (Å²) >= 11 is 0. The van der Waals surface area contributed by atoms with Gasteiger partial charge in [-0.2, -0.15) is 18.3 Å². The van der Waals surface area contributed by atoms with Crippen molar-refractivity contribution in [3.05, 3.63) is 97.6 Å². The van der Waals surface area contributed by atoms with Crippen molar-refractivity contribution in [3.8, 4) is 0 Å². The lowest BCUT2D eigenvalue weighted by molar-refractivity contribution is -0.140. The molecule has 0 bridgehead atoms. The molecule has 2 aromatic carbocycles. The summed E-state index contributed by atoms with van der Waals surface area (Å²) in [4.78, 5) is 28.9. The maximum atomic E-state index is 14.1. The van der Waals surface area contributed by atoms with E-state index in [0.29, 0.717) is 6.07 Å².